The van der Waals surface area contributed by atoms with Crippen molar-refractivity contribution >= 4 is 40.6 Å². The lowest BCUT2D eigenvalue weighted by Crippen LogP contribution is -2.16. The summed E-state index contributed by atoms with van der Waals surface area (Å²) in [5, 5.41) is 0. The summed E-state index contributed by atoms with van der Waals surface area (Å²) in [6.45, 7) is 1.96. The molecular formula is C8H11Cl3O2. The number of methoxy groups -OCH3 is 1. The van der Waals surface area contributed by atoms with E-state index in [4.69, 9.17) is 39.5 Å². The number of rotatable bonds is 4. The highest BCUT2D eigenvalue weighted by Crippen LogP contribution is 2.28. The van der Waals surface area contributed by atoms with Gasteiger partial charge in [-0.15, -0.1) is 0 Å². The molecule has 2 nitrogen and oxygen atoms in total. The number of allylic oxidation sites excluding steroid dienone is 2. The number of carbonyl (C=O) groups excluding carboxylic acids is 1. The first kappa shape index (κ1) is 13.1. The van der Waals surface area contributed by atoms with Gasteiger partial charge in [0.25, 0.3) is 3.79 Å². The predicted molar refractivity (Wildman–Crippen MR) is 55.3 cm³/mol. The van der Waals surface area contributed by atoms with E-state index in [9.17, 15) is 4.79 Å². The van der Waals surface area contributed by atoms with Crippen LogP contribution in [0.5, 0.6) is 0 Å². The number of hydrogen-bond acceptors (Lipinski definition) is 2. The zero-order valence-electron chi connectivity index (χ0n) is 7.44. The summed E-state index contributed by atoms with van der Waals surface area (Å²) < 4.78 is 3.03. The van der Waals surface area contributed by atoms with Crippen molar-refractivity contribution in [2.75, 3.05) is 7.11 Å². The van der Waals surface area contributed by atoms with Gasteiger partial charge in [-0.1, -0.05) is 41.7 Å². The van der Waals surface area contributed by atoms with Crippen LogP contribution in [0.4, 0.5) is 0 Å². The van der Waals surface area contributed by atoms with Crippen LogP contribution in [0.2, 0.25) is 0 Å². The average molecular weight is 246 g/mol. The Morgan fingerprint density at radius 3 is 2.31 bits per heavy atom. The Labute approximate surface area is 92.8 Å². The molecule has 0 amide bonds. The van der Waals surface area contributed by atoms with E-state index < -0.39 is 9.58 Å². The van der Waals surface area contributed by atoms with Crippen molar-refractivity contribution in [2.24, 2.45) is 0 Å². The Bertz CT molecular complexity index is 206. The third kappa shape index (κ3) is 5.40. The molecule has 0 aromatic heterocycles. The standard InChI is InChI=1S/C8H11Cl3O2/c1-3-4-6(13-2)5-7(12)8(9,10)11/h5H,3-4H2,1-2H3/b6-5-. The van der Waals surface area contributed by atoms with Gasteiger partial charge in [-0.25, -0.2) is 0 Å². The van der Waals surface area contributed by atoms with Gasteiger partial charge in [0.15, 0.2) is 0 Å². The monoisotopic (exact) mass is 244 g/mol. The van der Waals surface area contributed by atoms with Crippen LogP contribution in [0.1, 0.15) is 19.8 Å². The van der Waals surface area contributed by atoms with Crippen LogP contribution < -0.4 is 0 Å². The topological polar surface area (TPSA) is 26.3 Å². The predicted octanol–water partition coefficient (Wildman–Crippen LogP) is 3.26. The van der Waals surface area contributed by atoms with Gasteiger partial charge in [0, 0.05) is 12.5 Å². The summed E-state index contributed by atoms with van der Waals surface area (Å²) in [5.74, 6) is -0.0541. The summed E-state index contributed by atoms with van der Waals surface area (Å²) in [5.41, 5.74) is 0. The summed E-state index contributed by atoms with van der Waals surface area (Å²) in [6.07, 6.45) is 2.74. The highest BCUT2D eigenvalue weighted by atomic mass is 35.6. The molecule has 5 heteroatoms. The van der Waals surface area contributed by atoms with Crippen LogP contribution in [0.25, 0.3) is 0 Å². The van der Waals surface area contributed by atoms with Crippen molar-refractivity contribution < 1.29 is 9.53 Å². The molecule has 0 aliphatic carbocycles. The molecule has 0 bridgehead atoms. The first-order valence-electron chi connectivity index (χ1n) is 3.77. The van der Waals surface area contributed by atoms with Crippen LogP contribution in [-0.2, 0) is 9.53 Å². The van der Waals surface area contributed by atoms with Gasteiger partial charge < -0.3 is 4.74 Å². The van der Waals surface area contributed by atoms with E-state index >= 15 is 0 Å². The number of halogens is 3. The SMILES string of the molecule is CCC/C(=C/C(=O)C(Cl)(Cl)Cl)OC. The summed E-state index contributed by atoms with van der Waals surface area (Å²) in [7, 11) is 1.48. The Hall–Kier alpha value is 0.0800. The molecule has 76 valence electrons. The van der Waals surface area contributed by atoms with E-state index in [1.54, 1.807) is 0 Å². The molecule has 0 fully saturated rings. The van der Waals surface area contributed by atoms with Crippen molar-refractivity contribution in [3.63, 3.8) is 0 Å². The van der Waals surface area contributed by atoms with Gasteiger partial charge in [-0.3, -0.25) is 4.79 Å². The largest absolute Gasteiger partial charge is 0.501 e. The zero-order valence-corrected chi connectivity index (χ0v) is 9.71. The number of hydrogen-bond donors (Lipinski definition) is 0. The number of ketones is 1. The molecule has 0 radical (unpaired) electrons. The van der Waals surface area contributed by atoms with Gasteiger partial charge in [0.05, 0.1) is 12.9 Å². The number of alkyl halides is 3. The Morgan fingerprint density at radius 1 is 1.46 bits per heavy atom. The van der Waals surface area contributed by atoms with Gasteiger partial charge in [-0.05, 0) is 6.42 Å². The molecule has 0 aromatic rings. The van der Waals surface area contributed by atoms with Crippen molar-refractivity contribution in [1.29, 1.82) is 0 Å². The van der Waals surface area contributed by atoms with Crippen molar-refractivity contribution in [2.45, 2.75) is 23.6 Å². The van der Waals surface area contributed by atoms with Crippen LogP contribution >= 0.6 is 34.8 Å². The molecule has 0 heterocycles. The maximum atomic E-state index is 11.2. The third-order valence-electron chi connectivity index (χ3n) is 1.33. The molecule has 0 spiro atoms. The van der Waals surface area contributed by atoms with Crippen molar-refractivity contribution in [3.8, 4) is 0 Å². The van der Waals surface area contributed by atoms with Crippen LogP contribution in [0.15, 0.2) is 11.8 Å². The normalized spacial score (nSPS) is 12.8. The first-order chi connectivity index (χ1) is 5.91. The van der Waals surface area contributed by atoms with Gasteiger partial charge in [0.1, 0.15) is 0 Å². The maximum Gasteiger partial charge on any atom is 0.252 e. The zero-order chi connectivity index (χ0) is 10.5. The second kappa shape index (κ2) is 5.74. The number of ether oxygens (including phenoxy) is 1. The fourth-order valence-corrected chi connectivity index (χ4v) is 0.871. The van der Waals surface area contributed by atoms with Gasteiger partial charge in [0.2, 0.25) is 5.78 Å². The van der Waals surface area contributed by atoms with E-state index in [1.807, 2.05) is 6.92 Å². The second-order valence-electron chi connectivity index (χ2n) is 2.43. The molecule has 0 aliphatic rings. The highest BCUT2D eigenvalue weighted by molar-refractivity contribution is 6.77. The van der Waals surface area contributed by atoms with E-state index in [2.05, 4.69) is 0 Å². The van der Waals surface area contributed by atoms with Gasteiger partial charge in [-0.2, -0.15) is 0 Å². The summed E-state index contributed by atoms with van der Waals surface area (Å²) >= 11 is 16.1. The fraction of sp³-hybridized carbons (Fsp3) is 0.625. The summed E-state index contributed by atoms with van der Waals surface area (Å²) in [4.78, 5) is 11.2. The minimum Gasteiger partial charge on any atom is -0.501 e. The molecule has 13 heavy (non-hydrogen) atoms. The Morgan fingerprint density at radius 2 is 2.00 bits per heavy atom. The van der Waals surface area contributed by atoms with Crippen molar-refractivity contribution in [1.82, 2.24) is 0 Å². The smallest absolute Gasteiger partial charge is 0.252 e. The average Bonchev–Trinajstić information content (AvgIpc) is 2.01. The molecule has 0 aromatic carbocycles. The molecule has 0 aliphatic heterocycles. The first-order valence-corrected chi connectivity index (χ1v) is 4.91. The fourth-order valence-electron chi connectivity index (χ4n) is 0.708. The van der Waals surface area contributed by atoms with Gasteiger partial charge >= 0.3 is 0 Å². The molecule has 0 rings (SSSR count). The second-order valence-corrected chi connectivity index (χ2v) is 4.71. The molecule has 0 saturated heterocycles. The highest BCUT2D eigenvalue weighted by Gasteiger charge is 2.28. The molecule has 0 N–H and O–H groups in total. The minimum absolute atomic E-state index is 0.527. The lowest BCUT2D eigenvalue weighted by molar-refractivity contribution is -0.114. The van der Waals surface area contributed by atoms with Crippen LogP contribution in [0.3, 0.4) is 0 Å². The van der Waals surface area contributed by atoms with Crippen LogP contribution in [-0.4, -0.2) is 16.7 Å². The Kier molecular flexibility index (Phi) is 5.77. The van der Waals surface area contributed by atoms with E-state index in [1.165, 1.54) is 13.2 Å². The van der Waals surface area contributed by atoms with E-state index in [-0.39, 0.29) is 0 Å². The van der Waals surface area contributed by atoms with Crippen molar-refractivity contribution in [3.05, 3.63) is 11.8 Å². The van der Waals surface area contributed by atoms with Crippen LogP contribution in [0, 0.1) is 0 Å². The summed E-state index contributed by atoms with van der Waals surface area (Å²) in [6, 6.07) is 0. The Balaban J connectivity index is 4.42. The lowest BCUT2D eigenvalue weighted by atomic mass is 10.2. The minimum atomic E-state index is -1.89. The lowest BCUT2D eigenvalue weighted by Gasteiger charge is -2.08. The molecule has 0 atom stereocenters. The maximum absolute atomic E-state index is 11.2. The number of carbonyl (C=O) groups is 1. The van der Waals surface area contributed by atoms with E-state index in [0.29, 0.717) is 12.2 Å². The molecule has 0 saturated carbocycles. The third-order valence-corrected chi connectivity index (χ3v) is 1.89. The molecule has 0 unspecified atom stereocenters. The van der Waals surface area contributed by atoms with E-state index in [0.717, 1.165) is 6.42 Å². The quantitative estimate of drug-likeness (QED) is 0.432. The molecular weight excluding hydrogens is 234 g/mol.